The number of hydrogen-bond acceptors (Lipinski definition) is 6. The summed E-state index contributed by atoms with van der Waals surface area (Å²) in [5, 5.41) is 2.35. The number of hydrazine groups is 1. The molecule has 146 valence electrons. The first kappa shape index (κ1) is 18.1. The Morgan fingerprint density at radius 3 is 2.29 bits per heavy atom. The predicted octanol–water partition coefficient (Wildman–Crippen LogP) is 0.353. The van der Waals surface area contributed by atoms with E-state index in [9.17, 15) is 24.0 Å². The average molecular weight is 385 g/mol. The molecule has 3 heterocycles. The Morgan fingerprint density at radius 1 is 1.04 bits per heavy atom. The fourth-order valence-electron chi connectivity index (χ4n) is 4.10. The lowest BCUT2D eigenvalue weighted by atomic mass is 10.1. The summed E-state index contributed by atoms with van der Waals surface area (Å²) >= 11 is 0. The van der Waals surface area contributed by atoms with Crippen LogP contribution in [0, 0.1) is 0 Å². The normalized spacial score (nSPS) is 24.8. The van der Waals surface area contributed by atoms with Crippen LogP contribution in [-0.4, -0.2) is 70.3 Å². The molecule has 0 saturated carbocycles. The van der Waals surface area contributed by atoms with Crippen LogP contribution in [0.2, 0.25) is 0 Å². The molecule has 0 aromatic heterocycles. The predicted molar refractivity (Wildman–Crippen MR) is 93.6 cm³/mol. The highest BCUT2D eigenvalue weighted by Gasteiger charge is 2.50. The van der Waals surface area contributed by atoms with E-state index in [0.717, 1.165) is 9.91 Å². The van der Waals surface area contributed by atoms with Crippen molar-refractivity contribution in [2.24, 2.45) is 0 Å². The molecule has 0 N–H and O–H groups in total. The van der Waals surface area contributed by atoms with E-state index < -0.39 is 35.8 Å². The first-order valence-electron chi connectivity index (χ1n) is 9.13. The van der Waals surface area contributed by atoms with Crippen molar-refractivity contribution in [2.45, 2.75) is 37.8 Å². The van der Waals surface area contributed by atoms with Crippen molar-refractivity contribution < 1.29 is 28.7 Å². The van der Waals surface area contributed by atoms with Crippen LogP contribution in [0.3, 0.4) is 0 Å². The molecule has 3 aliphatic rings. The van der Waals surface area contributed by atoms with Gasteiger partial charge in [0.05, 0.1) is 18.2 Å². The minimum Gasteiger partial charge on any atom is -0.467 e. The highest BCUT2D eigenvalue weighted by Crippen LogP contribution is 2.31. The average Bonchev–Trinajstić information content (AvgIpc) is 2.89. The lowest BCUT2D eigenvalue weighted by molar-refractivity contribution is -0.182. The molecule has 2 saturated heterocycles. The fourth-order valence-corrected chi connectivity index (χ4v) is 4.10. The fraction of sp³-hybridized carbons (Fsp3) is 0.421. The molecule has 9 heteroatoms. The van der Waals surface area contributed by atoms with Gasteiger partial charge in [-0.25, -0.2) is 9.80 Å². The van der Waals surface area contributed by atoms with Gasteiger partial charge in [0.2, 0.25) is 5.91 Å². The van der Waals surface area contributed by atoms with Crippen molar-refractivity contribution >= 4 is 29.6 Å². The van der Waals surface area contributed by atoms with E-state index in [1.807, 2.05) is 0 Å². The molecule has 1 unspecified atom stereocenters. The van der Waals surface area contributed by atoms with E-state index in [0.29, 0.717) is 19.4 Å². The lowest BCUT2D eigenvalue weighted by Crippen LogP contribution is -2.62. The van der Waals surface area contributed by atoms with Crippen molar-refractivity contribution in [3.63, 3.8) is 0 Å². The summed E-state index contributed by atoms with van der Waals surface area (Å²) in [6.07, 6.45) is 0.905. The zero-order chi connectivity index (χ0) is 20.0. The zero-order valence-electron chi connectivity index (χ0n) is 15.3. The van der Waals surface area contributed by atoms with Crippen LogP contribution in [0.1, 0.15) is 46.4 Å². The van der Waals surface area contributed by atoms with Crippen LogP contribution in [0.5, 0.6) is 0 Å². The molecule has 1 aromatic rings. The number of amides is 4. The number of esters is 1. The van der Waals surface area contributed by atoms with E-state index in [2.05, 4.69) is 0 Å². The molecular formula is C19H19N3O6. The van der Waals surface area contributed by atoms with Gasteiger partial charge in [-0.2, -0.15) is 0 Å². The second kappa shape index (κ2) is 6.74. The van der Waals surface area contributed by atoms with E-state index in [1.54, 1.807) is 12.1 Å². The number of rotatable bonds is 2. The highest BCUT2D eigenvalue weighted by molar-refractivity contribution is 6.23. The van der Waals surface area contributed by atoms with Crippen molar-refractivity contribution in [3.05, 3.63) is 35.4 Å². The summed E-state index contributed by atoms with van der Waals surface area (Å²) in [4.78, 5) is 64.7. The molecule has 4 rings (SSSR count). The molecule has 3 aliphatic heterocycles. The number of hydrogen-bond donors (Lipinski definition) is 0. The van der Waals surface area contributed by atoms with Crippen LogP contribution in [0.25, 0.3) is 0 Å². The molecule has 1 aromatic carbocycles. The number of carbonyl (C=O) groups is 5. The van der Waals surface area contributed by atoms with Crippen LogP contribution >= 0.6 is 0 Å². The monoisotopic (exact) mass is 385 g/mol. The van der Waals surface area contributed by atoms with E-state index in [4.69, 9.17) is 4.74 Å². The third-order valence-electron chi connectivity index (χ3n) is 5.44. The van der Waals surface area contributed by atoms with Gasteiger partial charge in [-0.15, -0.1) is 0 Å². The maximum atomic E-state index is 13.4. The van der Waals surface area contributed by atoms with Gasteiger partial charge in [0.15, 0.2) is 6.04 Å². The summed E-state index contributed by atoms with van der Waals surface area (Å²) in [6, 6.07) is 4.26. The minimum absolute atomic E-state index is 0.00575. The number of methoxy groups -OCH3 is 1. The summed E-state index contributed by atoms with van der Waals surface area (Å²) in [5.41, 5.74) is 0.465. The molecule has 0 aliphatic carbocycles. The highest BCUT2D eigenvalue weighted by atomic mass is 16.5. The Hall–Kier alpha value is -3.23. The summed E-state index contributed by atoms with van der Waals surface area (Å²) in [5.74, 6) is -2.69. The zero-order valence-corrected chi connectivity index (χ0v) is 15.3. The van der Waals surface area contributed by atoms with Gasteiger partial charge in [0.1, 0.15) is 6.04 Å². The van der Waals surface area contributed by atoms with Crippen molar-refractivity contribution in [3.8, 4) is 0 Å². The smallest absolute Gasteiger partial charge is 0.330 e. The molecule has 2 atom stereocenters. The maximum absolute atomic E-state index is 13.4. The molecule has 28 heavy (non-hydrogen) atoms. The molecule has 4 amide bonds. The SMILES string of the molecule is COC(=O)C1CCCN2C(=O)CC[C@H](N3C(=O)c4ccccc4C3=O)C(=O)N12. The third-order valence-corrected chi connectivity index (χ3v) is 5.44. The quantitative estimate of drug-likeness (QED) is 0.538. The van der Waals surface area contributed by atoms with Crippen LogP contribution in [0.4, 0.5) is 0 Å². The largest absolute Gasteiger partial charge is 0.467 e. The van der Waals surface area contributed by atoms with E-state index in [-0.39, 0.29) is 29.9 Å². The molecule has 2 fully saturated rings. The Bertz CT molecular complexity index is 862. The minimum atomic E-state index is -1.15. The van der Waals surface area contributed by atoms with Crippen LogP contribution in [-0.2, 0) is 19.1 Å². The Balaban J connectivity index is 1.72. The number of imide groups is 1. The first-order valence-corrected chi connectivity index (χ1v) is 9.13. The number of ether oxygens (including phenoxy) is 1. The van der Waals surface area contributed by atoms with Gasteiger partial charge in [0, 0.05) is 13.0 Å². The second-order valence-corrected chi connectivity index (χ2v) is 6.96. The van der Waals surface area contributed by atoms with E-state index >= 15 is 0 Å². The van der Waals surface area contributed by atoms with Gasteiger partial charge in [-0.05, 0) is 31.4 Å². The van der Waals surface area contributed by atoms with Crippen molar-refractivity contribution in [1.29, 1.82) is 0 Å². The molecular weight excluding hydrogens is 366 g/mol. The van der Waals surface area contributed by atoms with Gasteiger partial charge < -0.3 is 4.74 Å². The lowest BCUT2D eigenvalue weighted by Gasteiger charge is -2.42. The van der Waals surface area contributed by atoms with E-state index in [1.165, 1.54) is 24.3 Å². The Kier molecular flexibility index (Phi) is 4.37. The van der Waals surface area contributed by atoms with Crippen molar-refractivity contribution in [2.75, 3.05) is 13.7 Å². The molecule has 0 spiro atoms. The molecule has 0 bridgehead atoms. The Morgan fingerprint density at radius 2 is 1.68 bits per heavy atom. The summed E-state index contributed by atoms with van der Waals surface area (Å²) in [6.45, 7) is 0.299. The van der Waals surface area contributed by atoms with Crippen LogP contribution < -0.4 is 0 Å². The van der Waals surface area contributed by atoms with Gasteiger partial charge >= 0.3 is 5.97 Å². The Labute approximate surface area is 160 Å². The topological polar surface area (TPSA) is 104 Å². The maximum Gasteiger partial charge on any atom is 0.330 e. The first-order chi connectivity index (χ1) is 13.5. The number of benzene rings is 1. The number of carbonyl (C=O) groups excluding carboxylic acids is 5. The van der Waals surface area contributed by atoms with Crippen LogP contribution in [0.15, 0.2) is 24.3 Å². The summed E-state index contributed by atoms with van der Waals surface area (Å²) in [7, 11) is 1.22. The third kappa shape index (κ3) is 2.57. The second-order valence-electron chi connectivity index (χ2n) is 6.96. The molecule has 9 nitrogen and oxygen atoms in total. The standard InChI is InChI=1S/C19H19N3O6/c1-28-19(27)14-7-4-10-20-15(23)9-8-13(18(26)22(14)20)21-16(24)11-5-2-3-6-12(11)17(21)25/h2-3,5-6,13-14H,4,7-10H2,1H3/t13-,14?/m0/s1. The number of fused-ring (bicyclic) bond motifs is 2. The summed E-state index contributed by atoms with van der Waals surface area (Å²) < 4.78 is 4.80. The van der Waals surface area contributed by atoms with Crippen molar-refractivity contribution in [1.82, 2.24) is 14.9 Å². The van der Waals surface area contributed by atoms with Gasteiger partial charge in [0.25, 0.3) is 17.7 Å². The van der Waals surface area contributed by atoms with Gasteiger partial charge in [-0.3, -0.25) is 29.1 Å². The van der Waals surface area contributed by atoms with Gasteiger partial charge in [-0.1, -0.05) is 12.1 Å². The number of nitrogens with zero attached hydrogens (tertiary/aromatic N) is 3. The molecule has 0 radical (unpaired) electrons.